The second kappa shape index (κ2) is 5.50. The van der Waals surface area contributed by atoms with Crippen molar-refractivity contribution >= 4 is 0 Å². The molecule has 2 saturated heterocycles. The van der Waals surface area contributed by atoms with E-state index in [2.05, 4.69) is 15.7 Å². The molecule has 2 fully saturated rings. The summed E-state index contributed by atoms with van der Waals surface area (Å²) in [5, 5.41) is 0. The van der Waals surface area contributed by atoms with Crippen molar-refractivity contribution < 1.29 is 4.74 Å². The molecular formula is C12H20N2O. The van der Waals surface area contributed by atoms with Gasteiger partial charge in [0, 0.05) is 25.7 Å². The molecule has 3 heteroatoms. The molecule has 84 valence electrons. The Bertz CT molecular complexity index is 230. The molecule has 2 rings (SSSR count). The van der Waals surface area contributed by atoms with Crippen molar-refractivity contribution in [1.29, 1.82) is 0 Å². The molecule has 0 spiro atoms. The summed E-state index contributed by atoms with van der Waals surface area (Å²) in [7, 11) is 0. The standard InChI is InChI=1S/C12H20N2O/c1-2-5-14-6-3-4-12(14)11-13-7-9-15-10-8-13/h1,12H,3-11H2/t12-/m0/s1. The number of morpholine rings is 1. The van der Waals surface area contributed by atoms with Gasteiger partial charge in [-0.2, -0.15) is 0 Å². The van der Waals surface area contributed by atoms with Gasteiger partial charge in [-0.15, -0.1) is 6.42 Å². The number of hydrogen-bond acceptors (Lipinski definition) is 3. The summed E-state index contributed by atoms with van der Waals surface area (Å²) in [6.07, 6.45) is 7.99. The topological polar surface area (TPSA) is 15.7 Å². The van der Waals surface area contributed by atoms with Crippen LogP contribution in [0, 0.1) is 12.3 Å². The molecule has 0 saturated carbocycles. The fourth-order valence-corrected chi connectivity index (χ4v) is 2.51. The number of nitrogens with zero attached hydrogens (tertiary/aromatic N) is 2. The summed E-state index contributed by atoms with van der Waals surface area (Å²) in [6.45, 7) is 7.11. The summed E-state index contributed by atoms with van der Waals surface area (Å²) < 4.78 is 5.35. The monoisotopic (exact) mass is 208 g/mol. The van der Waals surface area contributed by atoms with Crippen LogP contribution in [0.5, 0.6) is 0 Å². The molecular weight excluding hydrogens is 188 g/mol. The molecule has 0 radical (unpaired) electrons. The number of ether oxygens (including phenoxy) is 1. The van der Waals surface area contributed by atoms with Crippen molar-refractivity contribution in [3.8, 4) is 12.3 Å². The summed E-state index contributed by atoms with van der Waals surface area (Å²) in [6, 6.07) is 0.680. The van der Waals surface area contributed by atoms with Gasteiger partial charge in [0.05, 0.1) is 19.8 Å². The highest BCUT2D eigenvalue weighted by atomic mass is 16.5. The van der Waals surface area contributed by atoms with E-state index >= 15 is 0 Å². The first kappa shape index (κ1) is 10.9. The fraction of sp³-hybridized carbons (Fsp3) is 0.833. The minimum Gasteiger partial charge on any atom is -0.379 e. The Morgan fingerprint density at radius 2 is 2.07 bits per heavy atom. The van der Waals surface area contributed by atoms with Crippen molar-refractivity contribution in [2.24, 2.45) is 0 Å². The summed E-state index contributed by atoms with van der Waals surface area (Å²) in [4.78, 5) is 4.94. The van der Waals surface area contributed by atoms with E-state index in [1.165, 1.54) is 25.9 Å². The number of likely N-dealkylation sites (tertiary alicyclic amines) is 1. The summed E-state index contributed by atoms with van der Waals surface area (Å²) >= 11 is 0. The molecule has 15 heavy (non-hydrogen) atoms. The molecule has 2 heterocycles. The minimum absolute atomic E-state index is 0.680. The molecule has 0 amide bonds. The Morgan fingerprint density at radius 1 is 1.27 bits per heavy atom. The Morgan fingerprint density at radius 3 is 2.80 bits per heavy atom. The molecule has 3 nitrogen and oxygen atoms in total. The highest BCUT2D eigenvalue weighted by molar-refractivity contribution is 4.93. The van der Waals surface area contributed by atoms with Crippen molar-refractivity contribution in [1.82, 2.24) is 9.80 Å². The quantitative estimate of drug-likeness (QED) is 0.625. The van der Waals surface area contributed by atoms with E-state index in [0.717, 1.165) is 32.8 Å². The molecule has 2 aliphatic heterocycles. The maximum Gasteiger partial charge on any atom is 0.0601 e. The van der Waals surface area contributed by atoms with Crippen molar-refractivity contribution in [2.45, 2.75) is 18.9 Å². The SMILES string of the molecule is C#CCN1CCC[C@H]1CN1CCOCC1. The first-order chi connectivity index (χ1) is 7.40. The van der Waals surface area contributed by atoms with Gasteiger partial charge in [0.1, 0.15) is 0 Å². The van der Waals surface area contributed by atoms with E-state index < -0.39 is 0 Å². The predicted molar refractivity (Wildman–Crippen MR) is 60.7 cm³/mol. The van der Waals surface area contributed by atoms with Gasteiger partial charge in [0.25, 0.3) is 0 Å². The lowest BCUT2D eigenvalue weighted by Gasteiger charge is -2.32. The van der Waals surface area contributed by atoms with Gasteiger partial charge in [-0.25, -0.2) is 0 Å². The average Bonchev–Trinajstić information content (AvgIpc) is 2.68. The van der Waals surface area contributed by atoms with Gasteiger partial charge in [-0.3, -0.25) is 9.80 Å². The third kappa shape index (κ3) is 2.94. The third-order valence-corrected chi connectivity index (χ3v) is 3.37. The van der Waals surface area contributed by atoms with E-state index in [9.17, 15) is 0 Å². The van der Waals surface area contributed by atoms with Gasteiger partial charge in [0.2, 0.25) is 0 Å². The van der Waals surface area contributed by atoms with E-state index in [1.807, 2.05) is 0 Å². The van der Waals surface area contributed by atoms with Crippen LogP contribution in [-0.4, -0.2) is 61.8 Å². The molecule has 0 aromatic rings. The van der Waals surface area contributed by atoms with Crippen LogP contribution in [0.25, 0.3) is 0 Å². The largest absolute Gasteiger partial charge is 0.379 e. The molecule has 0 unspecified atom stereocenters. The van der Waals surface area contributed by atoms with Gasteiger partial charge < -0.3 is 4.74 Å². The lowest BCUT2D eigenvalue weighted by atomic mass is 10.2. The molecule has 2 aliphatic rings. The van der Waals surface area contributed by atoms with Crippen LogP contribution in [-0.2, 0) is 4.74 Å². The van der Waals surface area contributed by atoms with Crippen molar-refractivity contribution in [2.75, 3.05) is 45.9 Å². The van der Waals surface area contributed by atoms with Gasteiger partial charge in [0.15, 0.2) is 0 Å². The van der Waals surface area contributed by atoms with Crippen molar-refractivity contribution in [3.63, 3.8) is 0 Å². The van der Waals surface area contributed by atoms with Crippen LogP contribution in [0.3, 0.4) is 0 Å². The normalized spacial score (nSPS) is 29.1. The molecule has 0 bridgehead atoms. The van der Waals surface area contributed by atoms with Crippen LogP contribution in [0.15, 0.2) is 0 Å². The minimum atomic E-state index is 0.680. The maximum absolute atomic E-state index is 5.38. The highest BCUT2D eigenvalue weighted by Gasteiger charge is 2.26. The van der Waals surface area contributed by atoms with Gasteiger partial charge in [-0.1, -0.05) is 5.92 Å². The molecule has 0 aromatic heterocycles. The molecule has 0 N–H and O–H groups in total. The van der Waals surface area contributed by atoms with E-state index in [1.54, 1.807) is 0 Å². The van der Waals surface area contributed by atoms with E-state index in [-0.39, 0.29) is 0 Å². The van der Waals surface area contributed by atoms with Crippen LogP contribution in [0.1, 0.15) is 12.8 Å². The van der Waals surface area contributed by atoms with E-state index in [0.29, 0.717) is 6.04 Å². The zero-order chi connectivity index (χ0) is 10.5. The average molecular weight is 208 g/mol. The van der Waals surface area contributed by atoms with Crippen molar-refractivity contribution in [3.05, 3.63) is 0 Å². The van der Waals surface area contributed by atoms with Gasteiger partial charge >= 0.3 is 0 Å². The smallest absolute Gasteiger partial charge is 0.0601 e. The third-order valence-electron chi connectivity index (χ3n) is 3.37. The Labute approximate surface area is 92.4 Å². The molecule has 0 aromatic carbocycles. The predicted octanol–water partition coefficient (Wildman–Crippen LogP) is 0.416. The Balaban J connectivity index is 1.79. The van der Waals surface area contributed by atoms with E-state index in [4.69, 9.17) is 11.2 Å². The lowest BCUT2D eigenvalue weighted by molar-refractivity contribution is 0.0277. The lowest BCUT2D eigenvalue weighted by Crippen LogP contribution is -2.45. The zero-order valence-corrected chi connectivity index (χ0v) is 9.32. The second-order valence-electron chi connectivity index (χ2n) is 4.38. The molecule has 0 aliphatic carbocycles. The summed E-state index contributed by atoms with van der Waals surface area (Å²) in [5.41, 5.74) is 0. The maximum atomic E-state index is 5.38. The van der Waals surface area contributed by atoms with Crippen LogP contribution in [0.2, 0.25) is 0 Å². The Hall–Kier alpha value is -0.560. The van der Waals surface area contributed by atoms with Gasteiger partial charge in [-0.05, 0) is 19.4 Å². The van der Waals surface area contributed by atoms with Crippen LogP contribution >= 0.6 is 0 Å². The Kier molecular flexibility index (Phi) is 4.01. The molecule has 1 atom stereocenters. The summed E-state index contributed by atoms with van der Waals surface area (Å²) in [5.74, 6) is 2.76. The number of rotatable bonds is 3. The van der Waals surface area contributed by atoms with Crippen LogP contribution < -0.4 is 0 Å². The zero-order valence-electron chi connectivity index (χ0n) is 9.32. The fourth-order valence-electron chi connectivity index (χ4n) is 2.51. The number of hydrogen-bond donors (Lipinski definition) is 0. The first-order valence-electron chi connectivity index (χ1n) is 5.88. The van der Waals surface area contributed by atoms with Crippen LogP contribution in [0.4, 0.5) is 0 Å². The second-order valence-corrected chi connectivity index (χ2v) is 4.38. The number of terminal acetylenes is 1. The first-order valence-corrected chi connectivity index (χ1v) is 5.88. The highest BCUT2D eigenvalue weighted by Crippen LogP contribution is 2.17.